The minimum absolute atomic E-state index is 0.276. The Hall–Kier alpha value is -1.32. The van der Waals surface area contributed by atoms with E-state index in [0.717, 1.165) is 31.3 Å². The van der Waals surface area contributed by atoms with Gasteiger partial charge >= 0.3 is 11.9 Å². The van der Waals surface area contributed by atoms with E-state index in [2.05, 4.69) is 4.74 Å². The van der Waals surface area contributed by atoms with Crippen molar-refractivity contribution in [1.29, 1.82) is 0 Å². The normalized spacial score (nSPS) is 27.6. The predicted octanol–water partition coefficient (Wildman–Crippen LogP) is 1.84. The van der Waals surface area contributed by atoms with Crippen LogP contribution >= 0.6 is 0 Å². The van der Waals surface area contributed by atoms with Gasteiger partial charge in [0.15, 0.2) is 0 Å². The molecule has 0 amide bonds. The monoisotopic (exact) mass is 226 g/mol. The summed E-state index contributed by atoms with van der Waals surface area (Å²) in [7, 11) is 2.70. The Balaban J connectivity index is 2.99. The molecule has 0 aromatic heterocycles. The third kappa shape index (κ3) is 2.43. The topological polar surface area (TPSA) is 52.6 Å². The van der Waals surface area contributed by atoms with Gasteiger partial charge in [-0.2, -0.15) is 0 Å². The second-order valence-electron chi connectivity index (χ2n) is 4.22. The van der Waals surface area contributed by atoms with Crippen molar-refractivity contribution < 1.29 is 19.1 Å². The van der Waals surface area contributed by atoms with E-state index < -0.39 is 11.4 Å². The van der Waals surface area contributed by atoms with Gasteiger partial charge in [-0.05, 0) is 31.8 Å². The lowest BCUT2D eigenvalue weighted by molar-refractivity contribution is -0.150. The van der Waals surface area contributed by atoms with E-state index in [4.69, 9.17) is 4.74 Å². The lowest BCUT2D eigenvalue weighted by Gasteiger charge is -2.33. The molecule has 16 heavy (non-hydrogen) atoms. The molecule has 1 fully saturated rings. The first kappa shape index (κ1) is 12.7. The van der Waals surface area contributed by atoms with Crippen LogP contribution in [0.2, 0.25) is 0 Å². The van der Waals surface area contributed by atoms with Gasteiger partial charge in [-0.25, -0.2) is 4.79 Å². The number of carbonyl (C=O) groups is 2. The molecule has 0 radical (unpaired) electrons. The highest BCUT2D eigenvalue weighted by atomic mass is 16.5. The van der Waals surface area contributed by atoms with Gasteiger partial charge in [0.25, 0.3) is 0 Å². The van der Waals surface area contributed by atoms with Gasteiger partial charge in [-0.15, -0.1) is 0 Å². The Kier molecular flexibility index (Phi) is 4.10. The maximum Gasteiger partial charge on any atom is 0.330 e. The minimum Gasteiger partial charge on any atom is -0.468 e. The van der Waals surface area contributed by atoms with Crippen molar-refractivity contribution in [2.24, 2.45) is 5.41 Å². The van der Waals surface area contributed by atoms with E-state index in [9.17, 15) is 9.59 Å². The predicted molar refractivity (Wildman–Crippen MR) is 58.7 cm³/mol. The molecule has 1 aliphatic carbocycles. The third-order valence-corrected chi connectivity index (χ3v) is 3.21. The van der Waals surface area contributed by atoms with Crippen molar-refractivity contribution in [2.75, 3.05) is 14.2 Å². The maximum atomic E-state index is 11.8. The number of rotatable bonds is 2. The van der Waals surface area contributed by atoms with Crippen molar-refractivity contribution in [2.45, 2.75) is 32.6 Å². The van der Waals surface area contributed by atoms with Crippen molar-refractivity contribution in [1.82, 2.24) is 0 Å². The molecule has 0 heterocycles. The van der Waals surface area contributed by atoms with E-state index in [0.29, 0.717) is 0 Å². The van der Waals surface area contributed by atoms with Gasteiger partial charge in [0.2, 0.25) is 0 Å². The molecule has 0 aromatic carbocycles. The zero-order valence-electron chi connectivity index (χ0n) is 10.0. The highest BCUT2D eigenvalue weighted by Crippen LogP contribution is 2.41. The fourth-order valence-electron chi connectivity index (χ4n) is 2.12. The molecule has 1 aliphatic rings. The van der Waals surface area contributed by atoms with Crippen LogP contribution in [0.5, 0.6) is 0 Å². The largest absolute Gasteiger partial charge is 0.468 e. The Morgan fingerprint density at radius 2 is 1.94 bits per heavy atom. The van der Waals surface area contributed by atoms with Crippen LogP contribution in [0.15, 0.2) is 11.6 Å². The second-order valence-corrected chi connectivity index (χ2v) is 4.22. The summed E-state index contributed by atoms with van der Waals surface area (Å²) in [5.74, 6) is -0.686. The number of hydrogen-bond donors (Lipinski definition) is 0. The van der Waals surface area contributed by atoms with Crippen LogP contribution < -0.4 is 0 Å². The first-order valence-corrected chi connectivity index (χ1v) is 5.42. The number of carbonyl (C=O) groups excluding carboxylic acids is 2. The molecule has 1 atom stereocenters. The highest BCUT2D eigenvalue weighted by molar-refractivity contribution is 5.87. The molecule has 0 N–H and O–H groups in total. The zero-order valence-corrected chi connectivity index (χ0v) is 10.0. The van der Waals surface area contributed by atoms with Crippen LogP contribution in [0.3, 0.4) is 0 Å². The maximum absolute atomic E-state index is 11.8. The van der Waals surface area contributed by atoms with Crippen molar-refractivity contribution >= 4 is 11.9 Å². The molecule has 4 nitrogen and oxygen atoms in total. The Morgan fingerprint density at radius 3 is 2.50 bits per heavy atom. The van der Waals surface area contributed by atoms with E-state index in [-0.39, 0.29) is 5.97 Å². The molecule has 0 bridgehead atoms. The molecule has 0 aromatic rings. The number of hydrogen-bond acceptors (Lipinski definition) is 4. The summed E-state index contributed by atoms with van der Waals surface area (Å²) in [6, 6.07) is 0. The average molecular weight is 226 g/mol. The second kappa shape index (κ2) is 5.14. The summed E-state index contributed by atoms with van der Waals surface area (Å²) in [6.07, 6.45) is 4.87. The fraction of sp³-hybridized carbons (Fsp3) is 0.667. The van der Waals surface area contributed by atoms with Gasteiger partial charge in [-0.3, -0.25) is 4.79 Å². The number of methoxy groups -OCH3 is 2. The summed E-state index contributed by atoms with van der Waals surface area (Å²) in [6.45, 7) is 1.83. The van der Waals surface area contributed by atoms with Crippen LogP contribution in [0.25, 0.3) is 0 Å². The van der Waals surface area contributed by atoms with Crippen molar-refractivity contribution in [3.8, 4) is 0 Å². The zero-order chi connectivity index (χ0) is 12.2. The van der Waals surface area contributed by atoms with Gasteiger partial charge in [0.1, 0.15) is 0 Å². The van der Waals surface area contributed by atoms with Gasteiger partial charge in [0, 0.05) is 6.08 Å². The Morgan fingerprint density at radius 1 is 1.25 bits per heavy atom. The summed E-state index contributed by atoms with van der Waals surface area (Å²) < 4.78 is 9.40. The molecule has 90 valence electrons. The smallest absolute Gasteiger partial charge is 0.330 e. The van der Waals surface area contributed by atoms with E-state index >= 15 is 0 Å². The molecular formula is C12H18O4. The van der Waals surface area contributed by atoms with Crippen LogP contribution in [-0.4, -0.2) is 26.2 Å². The van der Waals surface area contributed by atoms with Crippen LogP contribution in [-0.2, 0) is 19.1 Å². The van der Waals surface area contributed by atoms with Crippen molar-refractivity contribution in [3.63, 3.8) is 0 Å². The SMILES string of the molecule is COC(=O)/C=C1/CCCC[C@]1(C)C(=O)OC. The van der Waals surface area contributed by atoms with Crippen LogP contribution in [0, 0.1) is 5.41 Å². The summed E-state index contributed by atoms with van der Waals surface area (Å²) in [4.78, 5) is 23.0. The van der Waals surface area contributed by atoms with Crippen LogP contribution in [0.4, 0.5) is 0 Å². The quantitative estimate of drug-likeness (QED) is 0.532. The van der Waals surface area contributed by atoms with Gasteiger partial charge < -0.3 is 9.47 Å². The third-order valence-electron chi connectivity index (χ3n) is 3.21. The average Bonchev–Trinajstić information content (AvgIpc) is 2.30. The summed E-state index contributed by atoms with van der Waals surface area (Å²) in [5.41, 5.74) is 0.152. The lowest BCUT2D eigenvalue weighted by atomic mass is 9.71. The number of esters is 2. The van der Waals surface area contributed by atoms with E-state index in [1.54, 1.807) is 0 Å². The minimum atomic E-state index is -0.665. The van der Waals surface area contributed by atoms with Gasteiger partial charge in [-0.1, -0.05) is 6.42 Å². The molecule has 0 saturated heterocycles. The molecule has 0 unspecified atom stereocenters. The molecule has 4 heteroatoms. The summed E-state index contributed by atoms with van der Waals surface area (Å²) >= 11 is 0. The number of ether oxygens (including phenoxy) is 2. The molecule has 0 spiro atoms. The first-order valence-electron chi connectivity index (χ1n) is 5.42. The van der Waals surface area contributed by atoms with E-state index in [1.807, 2.05) is 6.92 Å². The standard InChI is InChI=1S/C12H18O4/c1-12(11(14)16-3)7-5-4-6-9(12)8-10(13)15-2/h8H,4-7H2,1-3H3/b9-8-/t12-/m0/s1. The summed E-state index contributed by atoms with van der Waals surface area (Å²) in [5, 5.41) is 0. The fourth-order valence-corrected chi connectivity index (χ4v) is 2.12. The molecule has 1 saturated carbocycles. The van der Waals surface area contributed by atoms with Crippen molar-refractivity contribution in [3.05, 3.63) is 11.6 Å². The van der Waals surface area contributed by atoms with Crippen LogP contribution in [0.1, 0.15) is 32.6 Å². The molecule has 0 aliphatic heterocycles. The Bertz CT molecular complexity index is 319. The first-order chi connectivity index (χ1) is 7.54. The van der Waals surface area contributed by atoms with Gasteiger partial charge in [0.05, 0.1) is 19.6 Å². The lowest BCUT2D eigenvalue weighted by Crippen LogP contribution is -2.34. The highest BCUT2D eigenvalue weighted by Gasteiger charge is 2.40. The van der Waals surface area contributed by atoms with E-state index in [1.165, 1.54) is 20.3 Å². The molecule has 1 rings (SSSR count). The molecular weight excluding hydrogens is 208 g/mol. The Labute approximate surface area is 95.6 Å².